The molecule has 3 nitrogen and oxygen atoms in total. The summed E-state index contributed by atoms with van der Waals surface area (Å²) in [4.78, 5) is 12.6. The summed E-state index contributed by atoms with van der Waals surface area (Å²) in [5, 5.41) is 2.80. The molecular weight excluding hydrogens is 264 g/mol. The van der Waals surface area contributed by atoms with Crippen LogP contribution in [0.1, 0.15) is 11.3 Å². The van der Waals surface area contributed by atoms with Gasteiger partial charge < -0.3 is 11.1 Å². The Kier molecular flexibility index (Phi) is 6.20. The fourth-order valence-electron chi connectivity index (χ4n) is 1.13. The lowest BCUT2D eigenvalue weighted by Crippen LogP contribution is -2.40. The Morgan fingerprint density at radius 1 is 1.69 bits per heavy atom. The topological polar surface area (TPSA) is 55.1 Å². The lowest BCUT2D eigenvalue weighted by Gasteiger charge is -2.10. The van der Waals surface area contributed by atoms with Crippen LogP contribution in [0, 0.1) is 0 Å². The highest BCUT2D eigenvalue weighted by Gasteiger charge is 2.12. The van der Waals surface area contributed by atoms with Crippen molar-refractivity contribution in [1.82, 2.24) is 5.32 Å². The lowest BCUT2D eigenvalue weighted by molar-refractivity contribution is -0.122. The number of halogens is 1. The number of nitrogens with one attached hydrogen (secondary N) is 1. The van der Waals surface area contributed by atoms with E-state index in [1.54, 1.807) is 11.8 Å². The number of carbonyl (C=O) groups excluding carboxylic acids is 1. The van der Waals surface area contributed by atoms with Crippen molar-refractivity contribution < 1.29 is 4.79 Å². The van der Waals surface area contributed by atoms with Gasteiger partial charge in [0.15, 0.2) is 0 Å². The van der Waals surface area contributed by atoms with Crippen LogP contribution in [0.15, 0.2) is 12.1 Å². The minimum absolute atomic E-state index is 0.0985. The van der Waals surface area contributed by atoms with Gasteiger partial charge in [0, 0.05) is 4.88 Å². The number of nitrogens with two attached hydrogens (primary N) is 1. The van der Waals surface area contributed by atoms with Gasteiger partial charge >= 0.3 is 0 Å². The third-order valence-electron chi connectivity index (χ3n) is 2.04. The Morgan fingerprint density at radius 2 is 2.44 bits per heavy atom. The van der Waals surface area contributed by atoms with Crippen LogP contribution in [0.4, 0.5) is 0 Å². The zero-order valence-corrected chi connectivity index (χ0v) is 11.4. The van der Waals surface area contributed by atoms with Crippen LogP contribution in [0.5, 0.6) is 0 Å². The summed E-state index contributed by atoms with van der Waals surface area (Å²) in [5.74, 6) is 0.804. The Hall–Kier alpha value is -0.230. The van der Waals surface area contributed by atoms with Crippen molar-refractivity contribution in [3.05, 3.63) is 21.3 Å². The molecule has 0 radical (unpaired) electrons. The molecule has 1 rings (SSSR count). The summed E-state index contributed by atoms with van der Waals surface area (Å²) in [6, 6.07) is 3.31. The van der Waals surface area contributed by atoms with Crippen molar-refractivity contribution in [3.63, 3.8) is 0 Å². The van der Waals surface area contributed by atoms with E-state index in [2.05, 4.69) is 5.32 Å². The maximum absolute atomic E-state index is 11.6. The molecule has 0 unspecified atom stereocenters. The molecule has 0 bridgehead atoms. The van der Waals surface area contributed by atoms with Gasteiger partial charge in [-0.25, -0.2) is 0 Å². The molecule has 3 N–H and O–H groups in total. The highest BCUT2D eigenvalue weighted by molar-refractivity contribution is 7.98. The van der Waals surface area contributed by atoms with Gasteiger partial charge in [-0.15, -0.1) is 11.3 Å². The van der Waals surface area contributed by atoms with E-state index in [0.717, 1.165) is 15.0 Å². The first kappa shape index (κ1) is 13.8. The molecule has 0 aliphatic rings. The van der Waals surface area contributed by atoms with E-state index >= 15 is 0 Å². The van der Waals surface area contributed by atoms with E-state index < -0.39 is 6.04 Å². The van der Waals surface area contributed by atoms with Crippen LogP contribution >= 0.6 is 34.7 Å². The van der Waals surface area contributed by atoms with Crippen LogP contribution < -0.4 is 11.1 Å². The maximum Gasteiger partial charge on any atom is 0.237 e. The van der Waals surface area contributed by atoms with E-state index in [9.17, 15) is 4.79 Å². The predicted molar refractivity (Wildman–Crippen MR) is 72.2 cm³/mol. The Balaban J connectivity index is 2.29. The van der Waals surface area contributed by atoms with Crippen molar-refractivity contribution in [1.29, 1.82) is 0 Å². The fourth-order valence-corrected chi connectivity index (χ4v) is 2.64. The average Bonchev–Trinajstić information content (AvgIpc) is 2.68. The molecule has 1 aromatic heterocycles. The first-order chi connectivity index (χ1) is 7.63. The minimum Gasteiger partial charge on any atom is -0.350 e. The fraction of sp³-hybridized carbons (Fsp3) is 0.500. The number of carbonyl (C=O) groups is 1. The van der Waals surface area contributed by atoms with Crippen molar-refractivity contribution in [2.24, 2.45) is 5.73 Å². The van der Waals surface area contributed by atoms with Gasteiger partial charge in [-0.3, -0.25) is 4.79 Å². The lowest BCUT2D eigenvalue weighted by atomic mass is 10.2. The summed E-state index contributed by atoms with van der Waals surface area (Å²) in [7, 11) is 0. The highest BCUT2D eigenvalue weighted by atomic mass is 35.5. The predicted octanol–water partition coefficient (Wildman–Crippen LogP) is 2.10. The molecule has 6 heteroatoms. The van der Waals surface area contributed by atoms with Crippen LogP contribution in [-0.4, -0.2) is 24.0 Å². The molecule has 1 atom stereocenters. The van der Waals surface area contributed by atoms with Gasteiger partial charge in [-0.05, 0) is 30.6 Å². The average molecular weight is 279 g/mol. The molecule has 1 heterocycles. The van der Waals surface area contributed by atoms with Gasteiger partial charge in [0.05, 0.1) is 16.9 Å². The van der Waals surface area contributed by atoms with Crippen molar-refractivity contribution in [2.45, 2.75) is 19.0 Å². The molecule has 0 aliphatic heterocycles. The van der Waals surface area contributed by atoms with Gasteiger partial charge in [-0.2, -0.15) is 11.8 Å². The number of hydrogen-bond donors (Lipinski definition) is 2. The molecule has 1 amide bonds. The second-order valence-electron chi connectivity index (χ2n) is 3.31. The maximum atomic E-state index is 11.6. The van der Waals surface area contributed by atoms with Crippen molar-refractivity contribution >= 4 is 40.6 Å². The number of rotatable bonds is 6. The zero-order chi connectivity index (χ0) is 12.0. The quantitative estimate of drug-likeness (QED) is 0.838. The molecule has 0 fully saturated rings. The number of hydrogen-bond acceptors (Lipinski definition) is 4. The van der Waals surface area contributed by atoms with E-state index in [0.29, 0.717) is 13.0 Å². The van der Waals surface area contributed by atoms with E-state index in [1.807, 2.05) is 18.4 Å². The van der Waals surface area contributed by atoms with Gasteiger partial charge in [-0.1, -0.05) is 11.6 Å². The highest BCUT2D eigenvalue weighted by Crippen LogP contribution is 2.20. The van der Waals surface area contributed by atoms with E-state index in [-0.39, 0.29) is 5.91 Å². The van der Waals surface area contributed by atoms with Gasteiger partial charge in [0.2, 0.25) is 5.91 Å². The molecule has 16 heavy (non-hydrogen) atoms. The van der Waals surface area contributed by atoms with Crippen LogP contribution in [-0.2, 0) is 11.3 Å². The molecule has 0 saturated carbocycles. The van der Waals surface area contributed by atoms with Crippen LogP contribution in [0.25, 0.3) is 0 Å². The molecule has 1 aromatic rings. The van der Waals surface area contributed by atoms with Crippen molar-refractivity contribution in [3.8, 4) is 0 Å². The Bertz CT molecular complexity index is 343. The largest absolute Gasteiger partial charge is 0.350 e. The van der Waals surface area contributed by atoms with Gasteiger partial charge in [0.25, 0.3) is 0 Å². The second-order valence-corrected chi connectivity index (χ2v) is 6.10. The molecule has 0 aliphatic carbocycles. The Labute approximate surface area is 109 Å². The van der Waals surface area contributed by atoms with E-state index in [1.165, 1.54) is 11.3 Å². The van der Waals surface area contributed by atoms with Gasteiger partial charge in [0.1, 0.15) is 0 Å². The SMILES string of the molecule is CSCC[C@@H](N)C(=O)NCc1ccc(Cl)s1. The molecular formula is C10H15ClN2OS2. The third kappa shape index (κ3) is 4.74. The van der Waals surface area contributed by atoms with Crippen molar-refractivity contribution in [2.75, 3.05) is 12.0 Å². The summed E-state index contributed by atoms with van der Waals surface area (Å²) in [6.07, 6.45) is 2.70. The molecule has 0 saturated heterocycles. The third-order valence-corrected chi connectivity index (χ3v) is 3.91. The minimum atomic E-state index is -0.414. The first-order valence-electron chi connectivity index (χ1n) is 4.90. The Morgan fingerprint density at radius 3 is 3.00 bits per heavy atom. The number of thioether (sulfide) groups is 1. The molecule has 90 valence electrons. The summed E-state index contributed by atoms with van der Waals surface area (Å²) in [5.41, 5.74) is 5.72. The summed E-state index contributed by atoms with van der Waals surface area (Å²) in [6.45, 7) is 0.503. The second kappa shape index (κ2) is 7.17. The normalized spacial score (nSPS) is 12.4. The summed E-state index contributed by atoms with van der Waals surface area (Å²) < 4.78 is 0.732. The summed E-state index contributed by atoms with van der Waals surface area (Å²) >= 11 is 8.94. The zero-order valence-electron chi connectivity index (χ0n) is 9.03. The monoisotopic (exact) mass is 278 g/mol. The first-order valence-corrected chi connectivity index (χ1v) is 7.48. The standard InChI is InChI=1S/C10H15ClN2OS2/c1-15-5-4-8(12)10(14)13-6-7-2-3-9(11)16-7/h2-3,8H,4-6,12H2,1H3,(H,13,14)/t8-/m1/s1. The number of amides is 1. The molecule has 0 aromatic carbocycles. The van der Waals surface area contributed by atoms with Crippen LogP contribution in [0.2, 0.25) is 4.34 Å². The number of thiophene rings is 1. The van der Waals surface area contributed by atoms with Crippen LogP contribution in [0.3, 0.4) is 0 Å². The molecule has 0 spiro atoms. The smallest absolute Gasteiger partial charge is 0.237 e. The van der Waals surface area contributed by atoms with E-state index in [4.69, 9.17) is 17.3 Å².